The van der Waals surface area contributed by atoms with E-state index < -0.39 is 5.97 Å². The molecule has 0 saturated carbocycles. The van der Waals surface area contributed by atoms with E-state index in [1.165, 1.54) is 0 Å². The van der Waals surface area contributed by atoms with Gasteiger partial charge in [0.25, 0.3) is 0 Å². The number of likely N-dealkylation sites (N-methyl/N-ethyl adjacent to an activating group) is 1. The van der Waals surface area contributed by atoms with Crippen LogP contribution < -0.4 is 0 Å². The molecule has 1 N–H and O–H groups in total. The number of rotatable bonds is 4. The van der Waals surface area contributed by atoms with Gasteiger partial charge in [-0.3, -0.25) is 14.6 Å². The van der Waals surface area contributed by atoms with Gasteiger partial charge in [-0.15, -0.1) is 0 Å². The summed E-state index contributed by atoms with van der Waals surface area (Å²) in [6.45, 7) is 6.22. The van der Waals surface area contributed by atoms with Gasteiger partial charge < -0.3 is 5.11 Å². The maximum absolute atomic E-state index is 11.2. The second-order valence-corrected chi connectivity index (χ2v) is 5.84. The van der Waals surface area contributed by atoms with Crippen LogP contribution in [0.15, 0.2) is 30.3 Å². The number of hydrogen-bond donors (Lipinski definition) is 1. The second-order valence-electron chi connectivity index (χ2n) is 5.84. The Balaban J connectivity index is 2.21. The summed E-state index contributed by atoms with van der Waals surface area (Å²) in [7, 11) is 2.14. The number of carboxylic acid groups (broad SMARTS) is 1. The van der Waals surface area contributed by atoms with E-state index in [0.717, 1.165) is 18.7 Å². The lowest BCUT2D eigenvalue weighted by molar-refractivity contribution is -0.139. The summed E-state index contributed by atoms with van der Waals surface area (Å²) >= 11 is 0. The highest BCUT2D eigenvalue weighted by molar-refractivity contribution is 5.68. The van der Waals surface area contributed by atoms with Crippen LogP contribution in [-0.4, -0.2) is 53.1 Å². The lowest BCUT2D eigenvalue weighted by Gasteiger charge is -2.45. The van der Waals surface area contributed by atoms with Gasteiger partial charge in [-0.05, 0) is 26.5 Å². The Morgan fingerprint density at radius 1 is 1.25 bits per heavy atom. The molecule has 2 rings (SSSR count). The van der Waals surface area contributed by atoms with Gasteiger partial charge in [0.05, 0.1) is 6.42 Å². The van der Waals surface area contributed by atoms with Gasteiger partial charge >= 0.3 is 5.97 Å². The number of hydrogen-bond acceptors (Lipinski definition) is 3. The van der Waals surface area contributed by atoms with Gasteiger partial charge in [-0.25, -0.2) is 0 Å². The number of nitrogens with zero attached hydrogens (tertiary/aromatic N) is 2. The zero-order valence-electron chi connectivity index (χ0n) is 12.5. The zero-order chi connectivity index (χ0) is 14.7. The van der Waals surface area contributed by atoms with Crippen molar-refractivity contribution in [2.24, 2.45) is 0 Å². The largest absolute Gasteiger partial charge is 0.481 e. The number of aliphatic carboxylic acids is 1. The molecular formula is C16H24N2O2. The monoisotopic (exact) mass is 276 g/mol. The van der Waals surface area contributed by atoms with E-state index in [4.69, 9.17) is 0 Å². The van der Waals surface area contributed by atoms with Crippen LogP contribution in [-0.2, 0) is 4.79 Å². The Morgan fingerprint density at radius 3 is 2.30 bits per heavy atom. The number of piperazine rings is 1. The fraction of sp³-hybridized carbons (Fsp3) is 0.562. The van der Waals surface area contributed by atoms with Crippen LogP contribution in [0.25, 0.3) is 0 Å². The molecule has 1 saturated heterocycles. The minimum Gasteiger partial charge on any atom is -0.481 e. The van der Waals surface area contributed by atoms with Crippen LogP contribution >= 0.6 is 0 Å². The van der Waals surface area contributed by atoms with E-state index in [1.54, 1.807) is 0 Å². The maximum Gasteiger partial charge on any atom is 0.305 e. The Hall–Kier alpha value is -1.39. The van der Waals surface area contributed by atoms with Crippen molar-refractivity contribution in [2.45, 2.75) is 38.4 Å². The highest BCUT2D eigenvalue weighted by Gasteiger charge is 2.32. The summed E-state index contributed by atoms with van der Waals surface area (Å²) in [5.74, 6) is -0.738. The first-order valence-corrected chi connectivity index (χ1v) is 7.21. The number of carbonyl (C=O) groups is 1. The summed E-state index contributed by atoms with van der Waals surface area (Å²) in [6.07, 6.45) is 0.160. The van der Waals surface area contributed by atoms with E-state index in [-0.39, 0.29) is 12.5 Å². The third kappa shape index (κ3) is 3.38. The minimum atomic E-state index is -0.738. The standard InChI is InChI=1S/C16H24N2O2/c1-12-10-18(11-13(2)17(12)3)15(9-16(19)20)14-7-5-4-6-8-14/h4-8,12-13,15H,9-11H2,1-3H3,(H,19,20). The second kappa shape index (κ2) is 6.37. The van der Waals surface area contributed by atoms with Gasteiger partial charge in [0.15, 0.2) is 0 Å². The van der Waals surface area contributed by atoms with E-state index in [1.807, 2.05) is 30.3 Å². The van der Waals surface area contributed by atoms with E-state index in [0.29, 0.717) is 12.1 Å². The quantitative estimate of drug-likeness (QED) is 0.916. The first-order chi connectivity index (χ1) is 9.49. The van der Waals surface area contributed by atoms with E-state index in [9.17, 15) is 9.90 Å². The molecule has 0 bridgehead atoms. The summed E-state index contributed by atoms with van der Waals surface area (Å²) in [5, 5.41) is 9.22. The third-order valence-corrected chi connectivity index (χ3v) is 4.38. The number of carboxylic acids is 1. The molecule has 0 radical (unpaired) electrons. The fourth-order valence-corrected chi connectivity index (χ4v) is 3.00. The van der Waals surface area contributed by atoms with Crippen molar-refractivity contribution in [1.82, 2.24) is 9.80 Å². The molecule has 20 heavy (non-hydrogen) atoms. The van der Waals surface area contributed by atoms with Crippen LogP contribution in [0.2, 0.25) is 0 Å². The first-order valence-electron chi connectivity index (χ1n) is 7.21. The van der Waals surface area contributed by atoms with Crippen LogP contribution in [0.4, 0.5) is 0 Å². The van der Waals surface area contributed by atoms with Gasteiger partial charge in [-0.2, -0.15) is 0 Å². The lowest BCUT2D eigenvalue weighted by Crippen LogP contribution is -2.55. The summed E-state index contributed by atoms with van der Waals surface area (Å²) in [4.78, 5) is 15.9. The van der Waals surface area contributed by atoms with Crippen molar-refractivity contribution in [2.75, 3.05) is 20.1 Å². The fourth-order valence-electron chi connectivity index (χ4n) is 3.00. The molecule has 1 fully saturated rings. The summed E-state index contributed by atoms with van der Waals surface area (Å²) in [5.41, 5.74) is 1.10. The predicted molar refractivity (Wildman–Crippen MR) is 79.7 cm³/mol. The molecule has 110 valence electrons. The van der Waals surface area contributed by atoms with Gasteiger partial charge in [-0.1, -0.05) is 30.3 Å². The van der Waals surface area contributed by atoms with Crippen molar-refractivity contribution in [3.05, 3.63) is 35.9 Å². The van der Waals surface area contributed by atoms with Gasteiger partial charge in [0, 0.05) is 31.2 Å². The molecule has 3 unspecified atom stereocenters. The third-order valence-electron chi connectivity index (χ3n) is 4.38. The predicted octanol–water partition coefficient (Wildman–Crippen LogP) is 2.23. The molecule has 1 aliphatic rings. The van der Waals surface area contributed by atoms with Crippen molar-refractivity contribution >= 4 is 5.97 Å². The molecule has 1 aliphatic heterocycles. The maximum atomic E-state index is 11.2. The average molecular weight is 276 g/mol. The molecule has 3 atom stereocenters. The smallest absolute Gasteiger partial charge is 0.305 e. The van der Waals surface area contributed by atoms with Crippen molar-refractivity contribution in [1.29, 1.82) is 0 Å². The molecule has 0 aliphatic carbocycles. The van der Waals surface area contributed by atoms with Crippen LogP contribution in [0.3, 0.4) is 0 Å². The average Bonchev–Trinajstić information content (AvgIpc) is 2.42. The van der Waals surface area contributed by atoms with E-state index >= 15 is 0 Å². The Labute approximate surface area is 121 Å². The van der Waals surface area contributed by atoms with Crippen molar-refractivity contribution < 1.29 is 9.90 Å². The minimum absolute atomic E-state index is 0.0349. The van der Waals surface area contributed by atoms with Gasteiger partial charge in [0.1, 0.15) is 0 Å². The molecule has 1 aromatic carbocycles. The summed E-state index contributed by atoms with van der Waals surface area (Å²) in [6, 6.07) is 10.8. The van der Waals surface area contributed by atoms with Gasteiger partial charge in [0.2, 0.25) is 0 Å². The normalized spacial score (nSPS) is 26.4. The van der Waals surface area contributed by atoms with Crippen LogP contribution in [0.5, 0.6) is 0 Å². The lowest BCUT2D eigenvalue weighted by atomic mass is 9.98. The Kier molecular flexibility index (Phi) is 4.78. The zero-order valence-corrected chi connectivity index (χ0v) is 12.5. The first kappa shape index (κ1) is 15.0. The molecule has 0 amide bonds. The Morgan fingerprint density at radius 2 is 1.80 bits per heavy atom. The molecule has 4 heteroatoms. The SMILES string of the molecule is CC1CN(C(CC(=O)O)c2ccccc2)CC(C)N1C. The molecule has 1 aromatic rings. The topological polar surface area (TPSA) is 43.8 Å². The molecular weight excluding hydrogens is 252 g/mol. The van der Waals surface area contributed by atoms with Crippen molar-refractivity contribution in [3.63, 3.8) is 0 Å². The molecule has 0 aromatic heterocycles. The van der Waals surface area contributed by atoms with E-state index in [2.05, 4.69) is 30.7 Å². The summed E-state index contributed by atoms with van der Waals surface area (Å²) < 4.78 is 0. The molecule has 4 nitrogen and oxygen atoms in total. The van der Waals surface area contributed by atoms with Crippen LogP contribution in [0.1, 0.15) is 31.9 Å². The van der Waals surface area contributed by atoms with Crippen LogP contribution in [0, 0.1) is 0 Å². The van der Waals surface area contributed by atoms with Crippen molar-refractivity contribution in [3.8, 4) is 0 Å². The molecule has 0 spiro atoms. The highest BCUT2D eigenvalue weighted by Crippen LogP contribution is 2.28. The Bertz CT molecular complexity index is 437. The molecule has 1 heterocycles. The number of benzene rings is 1. The highest BCUT2D eigenvalue weighted by atomic mass is 16.4.